The summed E-state index contributed by atoms with van der Waals surface area (Å²) in [6.45, 7) is 4.73. The molecule has 0 fully saturated rings. The molecule has 8 aromatic carbocycles. The van der Waals surface area contributed by atoms with Gasteiger partial charge in [-0.1, -0.05) is 153 Å². The van der Waals surface area contributed by atoms with Gasteiger partial charge >= 0.3 is 0 Å². The standard InChI is InChI=1S/C49H33N3/c1-49(2)40-22-12-10-20-36(40)45-35-19-9-8-18-34(35)39(29-41(45)49)32-24-26-38-44(28-32)52(43-27-25-30-14-6-7-17-33(30)46(38)43)48-50-42-23-13-11-21-37(42)47(51-48)31-15-4-3-5-16-31/h3-29H,1-2H3. The number of nitrogens with zero attached hydrogens (tertiary/aromatic N) is 3. The van der Waals surface area contributed by atoms with Crippen molar-refractivity contribution in [3.63, 3.8) is 0 Å². The van der Waals surface area contributed by atoms with Crippen LogP contribution in [-0.4, -0.2) is 14.5 Å². The first-order valence-electron chi connectivity index (χ1n) is 18.0. The van der Waals surface area contributed by atoms with Gasteiger partial charge in [0.15, 0.2) is 0 Å². The topological polar surface area (TPSA) is 30.7 Å². The Balaban J connectivity index is 1.24. The van der Waals surface area contributed by atoms with E-state index in [2.05, 4.69) is 182 Å². The summed E-state index contributed by atoms with van der Waals surface area (Å²) >= 11 is 0. The van der Waals surface area contributed by atoms with Crippen molar-refractivity contribution in [1.29, 1.82) is 0 Å². The summed E-state index contributed by atoms with van der Waals surface area (Å²) in [5.41, 5.74) is 12.9. The molecule has 2 aromatic heterocycles. The average Bonchev–Trinajstić information content (AvgIpc) is 3.65. The van der Waals surface area contributed by atoms with E-state index in [0.29, 0.717) is 5.95 Å². The van der Waals surface area contributed by atoms with Gasteiger partial charge in [-0.3, -0.25) is 4.57 Å². The van der Waals surface area contributed by atoms with Gasteiger partial charge in [0.05, 0.1) is 22.2 Å². The van der Waals surface area contributed by atoms with E-state index in [9.17, 15) is 0 Å². The van der Waals surface area contributed by atoms with Crippen LogP contribution in [-0.2, 0) is 5.41 Å². The van der Waals surface area contributed by atoms with E-state index >= 15 is 0 Å². The second kappa shape index (κ2) is 10.7. The van der Waals surface area contributed by atoms with Crippen LogP contribution in [0, 0.1) is 0 Å². The van der Waals surface area contributed by atoms with E-state index in [4.69, 9.17) is 9.97 Å². The molecular weight excluding hydrogens is 631 g/mol. The molecule has 0 radical (unpaired) electrons. The largest absolute Gasteiger partial charge is 0.278 e. The minimum atomic E-state index is -0.116. The van der Waals surface area contributed by atoms with E-state index in [1.54, 1.807) is 0 Å². The highest BCUT2D eigenvalue weighted by Gasteiger charge is 2.37. The monoisotopic (exact) mass is 663 g/mol. The number of fused-ring (bicyclic) bond motifs is 11. The summed E-state index contributed by atoms with van der Waals surface area (Å²) in [7, 11) is 0. The third kappa shape index (κ3) is 4.02. The second-order valence-electron chi connectivity index (χ2n) is 14.6. The fourth-order valence-electron chi connectivity index (χ4n) is 8.94. The lowest BCUT2D eigenvalue weighted by Gasteiger charge is -2.23. The molecule has 244 valence electrons. The van der Waals surface area contributed by atoms with Crippen LogP contribution < -0.4 is 0 Å². The molecule has 0 amide bonds. The molecular formula is C49H33N3. The molecule has 2 heterocycles. The zero-order valence-corrected chi connectivity index (χ0v) is 28.9. The number of rotatable bonds is 3. The fraction of sp³-hybridized carbons (Fsp3) is 0.0612. The highest BCUT2D eigenvalue weighted by Crippen LogP contribution is 2.53. The minimum Gasteiger partial charge on any atom is -0.278 e. The van der Waals surface area contributed by atoms with E-state index in [0.717, 1.165) is 33.2 Å². The Morgan fingerprint density at radius 1 is 0.462 bits per heavy atom. The maximum Gasteiger partial charge on any atom is 0.235 e. The van der Waals surface area contributed by atoms with Crippen LogP contribution in [0.25, 0.3) is 93.7 Å². The Bertz CT molecular complexity index is 3100. The van der Waals surface area contributed by atoms with Crippen molar-refractivity contribution < 1.29 is 0 Å². The molecule has 0 saturated heterocycles. The molecule has 52 heavy (non-hydrogen) atoms. The van der Waals surface area contributed by atoms with Gasteiger partial charge in [0, 0.05) is 27.1 Å². The van der Waals surface area contributed by atoms with Crippen molar-refractivity contribution in [2.75, 3.05) is 0 Å². The lowest BCUT2D eigenvalue weighted by molar-refractivity contribution is 0.661. The summed E-state index contributed by atoms with van der Waals surface area (Å²) in [5, 5.41) is 8.44. The first kappa shape index (κ1) is 29.2. The van der Waals surface area contributed by atoms with Crippen molar-refractivity contribution in [2.45, 2.75) is 19.3 Å². The fourth-order valence-corrected chi connectivity index (χ4v) is 8.94. The third-order valence-corrected chi connectivity index (χ3v) is 11.4. The first-order chi connectivity index (χ1) is 25.6. The lowest BCUT2D eigenvalue weighted by atomic mass is 9.80. The highest BCUT2D eigenvalue weighted by molar-refractivity contribution is 6.22. The highest BCUT2D eigenvalue weighted by atomic mass is 15.2. The molecule has 11 rings (SSSR count). The summed E-state index contributed by atoms with van der Waals surface area (Å²) in [6, 6.07) is 59.3. The first-order valence-corrected chi connectivity index (χ1v) is 18.0. The molecule has 3 heteroatoms. The van der Waals surface area contributed by atoms with Crippen LogP contribution in [0.2, 0.25) is 0 Å². The average molecular weight is 664 g/mol. The predicted molar refractivity (Wildman–Crippen MR) is 217 cm³/mol. The molecule has 0 atom stereocenters. The number of hydrogen-bond donors (Lipinski definition) is 0. The molecule has 0 spiro atoms. The Kier molecular flexibility index (Phi) is 6.01. The van der Waals surface area contributed by atoms with Crippen molar-refractivity contribution in [1.82, 2.24) is 14.5 Å². The Morgan fingerprint density at radius 2 is 1.17 bits per heavy atom. The van der Waals surface area contributed by atoms with E-state index in [1.807, 2.05) is 0 Å². The van der Waals surface area contributed by atoms with Gasteiger partial charge in [-0.2, -0.15) is 0 Å². The molecule has 0 N–H and O–H groups in total. The van der Waals surface area contributed by atoms with Crippen LogP contribution in [0.5, 0.6) is 0 Å². The Hall–Kier alpha value is -6.58. The summed E-state index contributed by atoms with van der Waals surface area (Å²) in [4.78, 5) is 10.7. The number of hydrogen-bond acceptors (Lipinski definition) is 2. The molecule has 0 aliphatic heterocycles. The van der Waals surface area contributed by atoms with Crippen molar-refractivity contribution >= 4 is 54.3 Å². The van der Waals surface area contributed by atoms with Crippen LogP contribution in [0.1, 0.15) is 25.0 Å². The van der Waals surface area contributed by atoms with Gasteiger partial charge in [0.25, 0.3) is 0 Å². The molecule has 0 bridgehead atoms. The van der Waals surface area contributed by atoms with Crippen molar-refractivity contribution in [3.05, 3.63) is 175 Å². The Morgan fingerprint density at radius 3 is 2.04 bits per heavy atom. The zero-order valence-electron chi connectivity index (χ0n) is 28.9. The van der Waals surface area contributed by atoms with E-state index in [1.165, 1.54) is 65.7 Å². The zero-order chi connectivity index (χ0) is 34.6. The molecule has 1 aliphatic rings. The molecule has 0 saturated carbocycles. The van der Waals surface area contributed by atoms with Gasteiger partial charge in [-0.25, -0.2) is 9.97 Å². The summed E-state index contributed by atoms with van der Waals surface area (Å²) < 4.78 is 2.29. The smallest absolute Gasteiger partial charge is 0.235 e. The third-order valence-electron chi connectivity index (χ3n) is 11.4. The molecule has 1 aliphatic carbocycles. The van der Waals surface area contributed by atoms with Gasteiger partial charge in [-0.05, 0) is 79.2 Å². The maximum absolute atomic E-state index is 5.39. The van der Waals surface area contributed by atoms with Crippen LogP contribution in [0.4, 0.5) is 0 Å². The molecule has 3 nitrogen and oxygen atoms in total. The number of benzene rings is 8. The van der Waals surface area contributed by atoms with Crippen molar-refractivity contribution in [3.8, 4) is 39.5 Å². The quantitative estimate of drug-likeness (QED) is 0.188. The van der Waals surface area contributed by atoms with Crippen LogP contribution in [0.3, 0.4) is 0 Å². The van der Waals surface area contributed by atoms with Gasteiger partial charge < -0.3 is 0 Å². The van der Waals surface area contributed by atoms with Gasteiger partial charge in [0.1, 0.15) is 0 Å². The summed E-state index contributed by atoms with van der Waals surface area (Å²) in [5.74, 6) is 0.667. The lowest BCUT2D eigenvalue weighted by Crippen LogP contribution is -2.15. The number of para-hydroxylation sites is 1. The predicted octanol–water partition coefficient (Wildman–Crippen LogP) is 12.7. The maximum atomic E-state index is 5.39. The molecule has 0 unspecified atom stereocenters. The van der Waals surface area contributed by atoms with E-state index in [-0.39, 0.29) is 5.41 Å². The SMILES string of the molecule is CC1(C)c2ccccc2-c2c1cc(-c1ccc3c4c5ccccc5ccc4n(-c4nc(-c5ccccc5)c5ccccc5n4)c3c1)c1ccccc21. The normalized spacial score (nSPS) is 13.3. The summed E-state index contributed by atoms with van der Waals surface area (Å²) in [6.07, 6.45) is 0. The van der Waals surface area contributed by atoms with Crippen LogP contribution in [0.15, 0.2) is 164 Å². The second-order valence-corrected chi connectivity index (χ2v) is 14.6. The van der Waals surface area contributed by atoms with Gasteiger partial charge in [0.2, 0.25) is 5.95 Å². The van der Waals surface area contributed by atoms with E-state index < -0.39 is 0 Å². The van der Waals surface area contributed by atoms with Crippen LogP contribution >= 0.6 is 0 Å². The number of aromatic nitrogens is 3. The minimum absolute atomic E-state index is 0.116. The Labute approximate surface area is 301 Å². The molecule has 10 aromatic rings. The van der Waals surface area contributed by atoms with Crippen molar-refractivity contribution in [2.24, 2.45) is 0 Å². The van der Waals surface area contributed by atoms with Gasteiger partial charge in [-0.15, -0.1) is 0 Å².